The highest BCUT2D eigenvalue weighted by molar-refractivity contribution is 6.31. The number of carbonyl (C=O) groups is 2. The molecule has 0 unspecified atom stereocenters. The van der Waals surface area contributed by atoms with Crippen LogP contribution in [-0.4, -0.2) is 24.6 Å². The van der Waals surface area contributed by atoms with Crippen LogP contribution in [0.25, 0.3) is 0 Å². The summed E-state index contributed by atoms with van der Waals surface area (Å²) in [6.45, 7) is 3.60. The number of fused-ring (bicyclic) bond motifs is 1. The molecular weight excluding hydrogens is 256 g/mol. The molecule has 0 bridgehead atoms. The number of hydrogen-bond acceptors (Lipinski definition) is 4. The van der Waals surface area contributed by atoms with Crippen molar-refractivity contribution in [2.24, 2.45) is 5.41 Å². The van der Waals surface area contributed by atoms with Crippen molar-refractivity contribution >= 4 is 23.5 Å². The smallest absolute Gasteiger partial charge is 0.332 e. The van der Waals surface area contributed by atoms with Crippen molar-refractivity contribution in [3.05, 3.63) is 34.9 Å². The maximum atomic E-state index is 12.1. The van der Waals surface area contributed by atoms with Gasteiger partial charge in [0.1, 0.15) is 6.10 Å². The molecular formula is C13H13ClO4. The van der Waals surface area contributed by atoms with Gasteiger partial charge in [-0.2, -0.15) is 0 Å². The average molecular weight is 269 g/mol. The number of rotatable bonds is 2. The van der Waals surface area contributed by atoms with Crippen LogP contribution in [0, 0.1) is 5.41 Å². The van der Waals surface area contributed by atoms with Crippen LogP contribution in [0.4, 0.5) is 0 Å². The molecule has 2 atom stereocenters. The van der Waals surface area contributed by atoms with E-state index >= 15 is 0 Å². The topological polar surface area (TPSA) is 52.6 Å². The van der Waals surface area contributed by atoms with Gasteiger partial charge in [0.05, 0.1) is 6.61 Å². The molecule has 0 radical (unpaired) electrons. The predicted molar refractivity (Wildman–Crippen MR) is 65.8 cm³/mol. The summed E-state index contributed by atoms with van der Waals surface area (Å²) in [6, 6.07) is 0. The van der Waals surface area contributed by atoms with E-state index < -0.39 is 23.5 Å². The largest absolute Gasteiger partial charge is 0.465 e. The maximum Gasteiger partial charge on any atom is 0.332 e. The van der Waals surface area contributed by atoms with Crippen molar-refractivity contribution in [1.82, 2.24) is 0 Å². The lowest BCUT2D eigenvalue weighted by atomic mass is 9.80. The highest BCUT2D eigenvalue weighted by atomic mass is 35.5. The van der Waals surface area contributed by atoms with E-state index in [2.05, 4.69) is 0 Å². The molecule has 0 N–H and O–H groups in total. The summed E-state index contributed by atoms with van der Waals surface area (Å²) in [5, 5.41) is 0.445. The van der Waals surface area contributed by atoms with Gasteiger partial charge in [-0.15, -0.1) is 0 Å². The molecule has 4 nitrogen and oxygen atoms in total. The molecule has 1 aliphatic carbocycles. The van der Waals surface area contributed by atoms with Crippen molar-refractivity contribution in [3.63, 3.8) is 0 Å². The van der Waals surface area contributed by atoms with Gasteiger partial charge in [0.25, 0.3) is 0 Å². The Labute approximate surface area is 110 Å². The lowest BCUT2D eigenvalue weighted by molar-refractivity contribution is -0.160. The molecule has 5 heteroatoms. The molecule has 18 heavy (non-hydrogen) atoms. The second-order valence-electron chi connectivity index (χ2n) is 4.08. The Balaban J connectivity index is 2.55. The SMILES string of the molecule is CCOC(=O)[C@@]12C=CC(Cl)=CC=C1[C@H](C)OC2=O. The number of allylic oxidation sites excluding steroid dienone is 4. The Bertz CT molecular complexity index is 489. The van der Waals surface area contributed by atoms with Crippen molar-refractivity contribution < 1.29 is 19.1 Å². The lowest BCUT2D eigenvalue weighted by Crippen LogP contribution is -2.37. The Morgan fingerprint density at radius 2 is 2.28 bits per heavy atom. The first-order valence-corrected chi connectivity index (χ1v) is 6.05. The predicted octanol–water partition coefficient (Wildman–Crippen LogP) is 2.10. The molecule has 0 saturated carbocycles. The number of carbonyl (C=O) groups excluding carboxylic acids is 2. The summed E-state index contributed by atoms with van der Waals surface area (Å²) in [6.07, 6.45) is 5.78. The monoisotopic (exact) mass is 268 g/mol. The fraction of sp³-hybridized carbons (Fsp3) is 0.385. The summed E-state index contributed by atoms with van der Waals surface area (Å²) in [5.74, 6) is -1.24. The first-order chi connectivity index (χ1) is 8.52. The van der Waals surface area contributed by atoms with Gasteiger partial charge >= 0.3 is 11.9 Å². The van der Waals surface area contributed by atoms with Gasteiger partial charge in [-0.3, -0.25) is 9.59 Å². The van der Waals surface area contributed by atoms with Crippen LogP contribution in [-0.2, 0) is 19.1 Å². The van der Waals surface area contributed by atoms with Crippen LogP contribution >= 0.6 is 11.6 Å². The fourth-order valence-electron chi connectivity index (χ4n) is 2.13. The van der Waals surface area contributed by atoms with Gasteiger partial charge in [-0.25, -0.2) is 0 Å². The molecule has 1 fully saturated rings. The van der Waals surface area contributed by atoms with Crippen LogP contribution in [0.5, 0.6) is 0 Å². The standard InChI is InChI=1S/C13H13ClO4/c1-3-17-11(15)13-7-6-9(14)4-5-10(13)8(2)18-12(13)16/h4-8H,3H2,1-2H3/t8-,13+/m0/s1. The van der Waals surface area contributed by atoms with Gasteiger partial charge in [-0.1, -0.05) is 23.8 Å². The average Bonchev–Trinajstić information content (AvgIpc) is 2.47. The molecule has 2 rings (SSSR count). The van der Waals surface area contributed by atoms with Gasteiger partial charge < -0.3 is 9.47 Å². The molecule has 1 saturated heterocycles. The van der Waals surface area contributed by atoms with Crippen molar-refractivity contribution in [3.8, 4) is 0 Å². The third kappa shape index (κ3) is 1.77. The second kappa shape index (κ2) is 4.61. The Morgan fingerprint density at radius 1 is 1.56 bits per heavy atom. The summed E-state index contributed by atoms with van der Waals surface area (Å²) in [4.78, 5) is 24.2. The molecule has 2 aliphatic rings. The van der Waals surface area contributed by atoms with Crippen LogP contribution in [0.2, 0.25) is 0 Å². The van der Waals surface area contributed by atoms with Gasteiger partial charge in [0.15, 0.2) is 0 Å². The van der Waals surface area contributed by atoms with E-state index in [0.29, 0.717) is 10.6 Å². The number of halogens is 1. The Hall–Kier alpha value is -1.55. The quantitative estimate of drug-likeness (QED) is 0.568. The van der Waals surface area contributed by atoms with E-state index in [4.69, 9.17) is 21.1 Å². The van der Waals surface area contributed by atoms with Crippen LogP contribution < -0.4 is 0 Å². The van der Waals surface area contributed by atoms with E-state index in [1.54, 1.807) is 26.0 Å². The number of hydrogen-bond donors (Lipinski definition) is 0. The van der Waals surface area contributed by atoms with Gasteiger partial charge in [0.2, 0.25) is 5.41 Å². The molecule has 0 aromatic rings. The van der Waals surface area contributed by atoms with E-state index in [9.17, 15) is 9.59 Å². The summed E-state index contributed by atoms with van der Waals surface area (Å²) in [5.41, 5.74) is -0.930. The second-order valence-corrected chi connectivity index (χ2v) is 4.52. The molecule has 1 aliphatic heterocycles. The summed E-state index contributed by atoms with van der Waals surface area (Å²) < 4.78 is 10.1. The third-order valence-corrected chi connectivity index (χ3v) is 3.26. The van der Waals surface area contributed by atoms with Crippen molar-refractivity contribution in [1.29, 1.82) is 0 Å². The first-order valence-electron chi connectivity index (χ1n) is 5.67. The minimum Gasteiger partial charge on any atom is -0.465 e. The molecule has 0 spiro atoms. The number of esters is 2. The van der Waals surface area contributed by atoms with Gasteiger partial charge in [0, 0.05) is 10.6 Å². The van der Waals surface area contributed by atoms with E-state index in [1.165, 1.54) is 12.2 Å². The van der Waals surface area contributed by atoms with Crippen molar-refractivity contribution in [2.45, 2.75) is 20.0 Å². The zero-order valence-corrected chi connectivity index (χ0v) is 10.9. The summed E-state index contributed by atoms with van der Waals surface area (Å²) in [7, 11) is 0. The minimum absolute atomic E-state index is 0.199. The van der Waals surface area contributed by atoms with E-state index in [1.807, 2.05) is 0 Å². The van der Waals surface area contributed by atoms with Gasteiger partial charge in [-0.05, 0) is 26.0 Å². The van der Waals surface area contributed by atoms with Crippen molar-refractivity contribution in [2.75, 3.05) is 6.61 Å². The zero-order chi connectivity index (χ0) is 13.3. The molecule has 0 aromatic carbocycles. The Kier molecular flexibility index (Phi) is 3.30. The highest BCUT2D eigenvalue weighted by Gasteiger charge is 2.57. The first kappa shape index (κ1) is 12.9. The van der Waals surface area contributed by atoms with E-state index in [0.717, 1.165) is 0 Å². The fourth-order valence-corrected chi connectivity index (χ4v) is 2.26. The third-order valence-electron chi connectivity index (χ3n) is 3.01. The zero-order valence-electron chi connectivity index (χ0n) is 10.1. The van der Waals surface area contributed by atoms with Crippen LogP contribution in [0.3, 0.4) is 0 Å². The number of cyclic esters (lactones) is 1. The normalized spacial score (nSPS) is 29.9. The van der Waals surface area contributed by atoms with Crippen LogP contribution in [0.15, 0.2) is 34.9 Å². The Morgan fingerprint density at radius 3 is 2.94 bits per heavy atom. The summed E-state index contributed by atoms with van der Waals surface area (Å²) >= 11 is 5.90. The molecule has 0 aromatic heterocycles. The highest BCUT2D eigenvalue weighted by Crippen LogP contribution is 2.43. The maximum absolute atomic E-state index is 12.1. The molecule has 0 amide bonds. The molecule has 1 heterocycles. The number of ether oxygens (including phenoxy) is 2. The lowest BCUT2D eigenvalue weighted by Gasteiger charge is -2.20. The van der Waals surface area contributed by atoms with Crippen LogP contribution in [0.1, 0.15) is 13.8 Å². The minimum atomic E-state index is -1.48. The molecule has 96 valence electrons. The van der Waals surface area contributed by atoms with E-state index in [-0.39, 0.29) is 6.61 Å².